The number of aromatic nitrogens is 2. The van der Waals surface area contributed by atoms with Gasteiger partial charge < -0.3 is 10.3 Å². The van der Waals surface area contributed by atoms with Gasteiger partial charge in [-0.05, 0) is 53.6 Å². The van der Waals surface area contributed by atoms with Crippen LogP contribution in [0.15, 0.2) is 103 Å². The highest BCUT2D eigenvalue weighted by molar-refractivity contribution is 6.36. The Kier molecular flexibility index (Phi) is 7.45. The highest BCUT2D eigenvalue weighted by Gasteiger charge is 2.29. The topological polar surface area (TPSA) is 60.9 Å². The van der Waals surface area contributed by atoms with Crippen molar-refractivity contribution in [2.45, 2.75) is 6.04 Å². The van der Waals surface area contributed by atoms with Crippen LogP contribution in [0.25, 0.3) is 22.2 Å². The van der Waals surface area contributed by atoms with Gasteiger partial charge in [-0.1, -0.05) is 83.3 Å². The van der Waals surface area contributed by atoms with E-state index in [4.69, 9.17) is 45.5 Å². The highest BCUT2D eigenvalue weighted by Crippen LogP contribution is 2.40. The molecule has 0 amide bonds. The number of nitrogens with zero attached hydrogens (tertiary/aromatic N) is 2. The molecule has 0 radical (unpaired) electrons. The van der Waals surface area contributed by atoms with Crippen LogP contribution in [-0.4, -0.2) is 15.3 Å². The summed E-state index contributed by atoms with van der Waals surface area (Å²) in [6.07, 6.45) is 3.19. The molecule has 0 saturated carbocycles. The number of carbonyl (C=O) groups excluding carboxylic acids is 1. The maximum atomic E-state index is 15.1. The van der Waals surface area contributed by atoms with E-state index in [0.29, 0.717) is 37.2 Å². The number of carbonyl (C=O) groups is 1. The Morgan fingerprint density at radius 2 is 1.52 bits per heavy atom. The van der Waals surface area contributed by atoms with Crippen molar-refractivity contribution in [2.75, 3.05) is 5.73 Å². The van der Waals surface area contributed by atoms with Gasteiger partial charge in [0.2, 0.25) is 5.78 Å². The zero-order chi connectivity index (χ0) is 29.5. The van der Waals surface area contributed by atoms with Gasteiger partial charge >= 0.3 is 0 Å². The number of pyridine rings is 1. The number of anilines is 1. The Bertz CT molecular complexity index is 1960. The van der Waals surface area contributed by atoms with Crippen LogP contribution in [0.3, 0.4) is 0 Å². The molecule has 0 aliphatic heterocycles. The number of benzene rings is 4. The number of fused-ring (bicyclic) bond motifs is 1. The quantitative estimate of drug-likeness (QED) is 0.149. The number of hydrogen-bond donors (Lipinski definition) is 1. The summed E-state index contributed by atoms with van der Waals surface area (Å²) in [6, 6.07) is 24.9. The SMILES string of the molecule is Nc1ccc(F)c(C(=O)c2cn(C(c3ccccc3)c3c(Cl)cccc3Cl)c3ncc(-c4ccc(Cl)cc4)cc23)c1F. The molecule has 0 aliphatic rings. The smallest absolute Gasteiger partial charge is 0.201 e. The van der Waals surface area contributed by atoms with Crippen molar-refractivity contribution in [3.05, 3.63) is 152 Å². The lowest BCUT2D eigenvalue weighted by Crippen LogP contribution is -2.14. The minimum absolute atomic E-state index is 0.0285. The van der Waals surface area contributed by atoms with Crippen LogP contribution < -0.4 is 5.73 Å². The average molecular weight is 619 g/mol. The Morgan fingerprint density at radius 1 is 0.833 bits per heavy atom. The minimum Gasteiger partial charge on any atom is -0.396 e. The maximum absolute atomic E-state index is 15.1. The summed E-state index contributed by atoms with van der Waals surface area (Å²) in [6.45, 7) is 0. The molecule has 2 N–H and O–H groups in total. The molecule has 42 heavy (non-hydrogen) atoms. The molecule has 0 saturated heterocycles. The largest absolute Gasteiger partial charge is 0.396 e. The summed E-state index contributed by atoms with van der Waals surface area (Å²) < 4.78 is 31.8. The normalized spacial score (nSPS) is 12.0. The van der Waals surface area contributed by atoms with Gasteiger partial charge in [0.15, 0.2) is 5.82 Å². The predicted molar refractivity (Wildman–Crippen MR) is 165 cm³/mol. The molecule has 0 bridgehead atoms. The average Bonchev–Trinajstić information content (AvgIpc) is 3.36. The third kappa shape index (κ3) is 4.92. The van der Waals surface area contributed by atoms with Crippen LogP contribution in [0.4, 0.5) is 14.5 Å². The minimum atomic E-state index is -1.13. The molecule has 2 aromatic heterocycles. The summed E-state index contributed by atoms with van der Waals surface area (Å²) in [5, 5.41) is 1.73. The van der Waals surface area contributed by atoms with Crippen LogP contribution in [0.5, 0.6) is 0 Å². The van der Waals surface area contributed by atoms with Gasteiger partial charge in [0.25, 0.3) is 0 Å². The van der Waals surface area contributed by atoms with Gasteiger partial charge in [-0.15, -0.1) is 0 Å². The molecule has 0 aliphatic carbocycles. The molecule has 208 valence electrons. The second kappa shape index (κ2) is 11.2. The van der Waals surface area contributed by atoms with Crippen LogP contribution in [-0.2, 0) is 0 Å². The van der Waals surface area contributed by atoms with Crippen molar-refractivity contribution in [2.24, 2.45) is 0 Å². The van der Waals surface area contributed by atoms with E-state index in [2.05, 4.69) is 0 Å². The molecule has 2 heterocycles. The zero-order valence-corrected chi connectivity index (χ0v) is 23.9. The van der Waals surface area contributed by atoms with Crippen LogP contribution >= 0.6 is 34.8 Å². The Morgan fingerprint density at radius 3 is 2.21 bits per heavy atom. The van der Waals surface area contributed by atoms with E-state index in [-0.39, 0.29) is 11.3 Å². The Hall–Kier alpha value is -4.23. The van der Waals surface area contributed by atoms with Gasteiger partial charge in [0, 0.05) is 44.0 Å². The van der Waals surface area contributed by atoms with Crippen molar-refractivity contribution in [1.29, 1.82) is 0 Å². The molecule has 6 aromatic rings. The van der Waals surface area contributed by atoms with Crippen molar-refractivity contribution >= 4 is 57.3 Å². The van der Waals surface area contributed by atoms with Crippen LogP contribution in [0.1, 0.15) is 33.1 Å². The molecular formula is C33H20Cl3F2N3O. The van der Waals surface area contributed by atoms with E-state index in [0.717, 1.165) is 23.3 Å². The number of nitrogens with two attached hydrogens (primary N) is 1. The van der Waals surface area contributed by atoms with Gasteiger partial charge in [-0.2, -0.15) is 0 Å². The fourth-order valence-corrected chi connectivity index (χ4v) is 5.82. The van der Waals surface area contributed by atoms with Gasteiger partial charge in [-0.3, -0.25) is 4.79 Å². The third-order valence-corrected chi connectivity index (χ3v) is 8.02. The number of hydrogen-bond acceptors (Lipinski definition) is 3. The molecular weight excluding hydrogens is 599 g/mol. The Labute approximate surface area is 254 Å². The standard InChI is InChI=1S/C33H20Cl3F2N3O/c34-21-11-9-18(10-12-21)20-15-22-23(32(42)29-26(37)13-14-27(39)30(29)38)17-41(33(22)40-16-20)31(19-5-2-1-3-6-19)28-24(35)7-4-8-25(28)36/h1-17,31H,39H2. The number of halogens is 5. The van der Waals surface area contributed by atoms with Gasteiger partial charge in [0.1, 0.15) is 11.5 Å². The summed E-state index contributed by atoms with van der Waals surface area (Å²) >= 11 is 19.5. The predicted octanol–water partition coefficient (Wildman–Crippen LogP) is 9.39. The second-order valence-electron chi connectivity index (χ2n) is 9.66. The van der Waals surface area contributed by atoms with E-state index >= 15 is 4.39 Å². The second-order valence-corrected chi connectivity index (χ2v) is 10.9. The molecule has 0 fully saturated rings. The van der Waals surface area contributed by atoms with Crippen molar-refractivity contribution in [1.82, 2.24) is 9.55 Å². The summed E-state index contributed by atoms with van der Waals surface area (Å²) in [5.41, 5.74) is 7.87. The number of rotatable bonds is 6. The molecule has 9 heteroatoms. The fraction of sp³-hybridized carbons (Fsp3) is 0.0303. The first-order valence-electron chi connectivity index (χ1n) is 12.8. The molecule has 1 unspecified atom stereocenters. The zero-order valence-electron chi connectivity index (χ0n) is 21.7. The summed E-state index contributed by atoms with van der Waals surface area (Å²) in [4.78, 5) is 18.7. The lowest BCUT2D eigenvalue weighted by molar-refractivity contribution is 0.103. The molecule has 0 spiro atoms. The number of ketones is 1. The molecule has 6 rings (SSSR count). The fourth-order valence-electron chi connectivity index (χ4n) is 5.09. The molecule has 4 aromatic carbocycles. The third-order valence-electron chi connectivity index (χ3n) is 7.11. The molecule has 4 nitrogen and oxygen atoms in total. The van der Waals surface area contributed by atoms with E-state index < -0.39 is 29.0 Å². The Balaban J connectivity index is 1.67. The summed E-state index contributed by atoms with van der Waals surface area (Å²) in [5.74, 6) is -3.03. The van der Waals surface area contributed by atoms with E-state index in [9.17, 15) is 9.18 Å². The first kappa shape index (κ1) is 27.9. The first-order chi connectivity index (χ1) is 20.2. The first-order valence-corrected chi connectivity index (χ1v) is 13.9. The van der Waals surface area contributed by atoms with E-state index in [1.807, 2.05) is 42.5 Å². The lowest BCUT2D eigenvalue weighted by Gasteiger charge is -2.23. The maximum Gasteiger partial charge on any atom is 0.201 e. The van der Waals surface area contributed by atoms with Crippen molar-refractivity contribution < 1.29 is 13.6 Å². The van der Waals surface area contributed by atoms with E-state index in [1.54, 1.807) is 47.2 Å². The highest BCUT2D eigenvalue weighted by atomic mass is 35.5. The summed E-state index contributed by atoms with van der Waals surface area (Å²) in [7, 11) is 0. The molecule has 1 atom stereocenters. The van der Waals surface area contributed by atoms with Gasteiger partial charge in [0.05, 0.1) is 22.9 Å². The van der Waals surface area contributed by atoms with Crippen molar-refractivity contribution in [3.63, 3.8) is 0 Å². The van der Waals surface area contributed by atoms with E-state index in [1.165, 1.54) is 6.20 Å². The van der Waals surface area contributed by atoms with Crippen LogP contribution in [0, 0.1) is 11.6 Å². The number of nitrogen functional groups attached to an aromatic ring is 1. The van der Waals surface area contributed by atoms with Crippen LogP contribution in [0.2, 0.25) is 15.1 Å². The van der Waals surface area contributed by atoms with Crippen molar-refractivity contribution in [3.8, 4) is 11.1 Å². The van der Waals surface area contributed by atoms with Gasteiger partial charge in [-0.25, -0.2) is 13.8 Å². The monoisotopic (exact) mass is 617 g/mol. The lowest BCUT2D eigenvalue weighted by atomic mass is 9.98.